The van der Waals surface area contributed by atoms with Gasteiger partial charge in [-0.05, 0) is 24.3 Å². The van der Waals surface area contributed by atoms with Gasteiger partial charge in [-0.3, -0.25) is 4.79 Å². The summed E-state index contributed by atoms with van der Waals surface area (Å²) in [5.74, 6) is 0.0460. The van der Waals surface area contributed by atoms with E-state index in [0.29, 0.717) is 17.2 Å². The minimum atomic E-state index is -0.656. The molecular formula is C16H12ClNO5. The molecule has 1 aliphatic rings. The van der Waals surface area contributed by atoms with Crippen LogP contribution in [0.2, 0.25) is 5.02 Å². The number of hydrogen-bond donors (Lipinski definition) is 1. The van der Waals surface area contributed by atoms with E-state index in [2.05, 4.69) is 5.32 Å². The van der Waals surface area contributed by atoms with Gasteiger partial charge in [0.05, 0.1) is 10.6 Å². The Hall–Kier alpha value is -2.73. The molecule has 1 amide bonds. The third-order valence-corrected chi connectivity index (χ3v) is 3.41. The van der Waals surface area contributed by atoms with Crippen molar-refractivity contribution < 1.29 is 23.8 Å². The average Bonchev–Trinajstić information content (AvgIpc) is 3.01. The Balaban J connectivity index is 1.56. The number of ether oxygens (including phenoxy) is 3. The van der Waals surface area contributed by atoms with E-state index in [-0.39, 0.29) is 17.4 Å². The summed E-state index contributed by atoms with van der Waals surface area (Å²) in [5.41, 5.74) is 0.734. The van der Waals surface area contributed by atoms with E-state index >= 15 is 0 Å². The van der Waals surface area contributed by atoms with Crippen LogP contribution in [0.25, 0.3) is 0 Å². The summed E-state index contributed by atoms with van der Waals surface area (Å²) in [5, 5.41) is 2.88. The summed E-state index contributed by atoms with van der Waals surface area (Å²) in [6.45, 7) is -0.263. The lowest BCUT2D eigenvalue weighted by Crippen LogP contribution is -2.21. The molecule has 0 radical (unpaired) electrons. The van der Waals surface area contributed by atoms with E-state index < -0.39 is 18.5 Å². The lowest BCUT2D eigenvalue weighted by molar-refractivity contribution is -0.119. The lowest BCUT2D eigenvalue weighted by atomic mass is 10.2. The normalized spacial score (nSPS) is 11.9. The van der Waals surface area contributed by atoms with Crippen LogP contribution >= 0.6 is 11.6 Å². The first-order chi connectivity index (χ1) is 11.1. The molecular weight excluding hydrogens is 322 g/mol. The molecule has 0 unspecified atom stereocenters. The van der Waals surface area contributed by atoms with Crippen LogP contribution in [-0.4, -0.2) is 25.3 Å². The van der Waals surface area contributed by atoms with Gasteiger partial charge in [0.2, 0.25) is 6.79 Å². The Labute approximate surface area is 136 Å². The first-order valence-electron chi connectivity index (χ1n) is 6.74. The zero-order chi connectivity index (χ0) is 16.2. The minimum absolute atomic E-state index is 0.155. The topological polar surface area (TPSA) is 73.9 Å². The standard InChI is InChI=1S/C16H12ClNO5/c17-12-4-2-1-3-11(12)16(20)21-8-15(19)18-10-5-6-13-14(7-10)23-9-22-13/h1-7H,8-9H2,(H,18,19). The summed E-state index contributed by atoms with van der Waals surface area (Å²) in [7, 11) is 0. The van der Waals surface area contributed by atoms with E-state index in [1.165, 1.54) is 6.07 Å². The molecule has 0 saturated heterocycles. The van der Waals surface area contributed by atoms with Gasteiger partial charge >= 0.3 is 5.97 Å². The Bertz CT molecular complexity index is 762. The smallest absolute Gasteiger partial charge is 0.340 e. The largest absolute Gasteiger partial charge is 0.454 e. The maximum atomic E-state index is 11.9. The third-order valence-electron chi connectivity index (χ3n) is 3.08. The molecule has 7 heteroatoms. The number of nitrogens with one attached hydrogen (secondary N) is 1. The molecule has 23 heavy (non-hydrogen) atoms. The molecule has 2 aromatic carbocycles. The number of carbonyl (C=O) groups excluding carboxylic acids is 2. The number of esters is 1. The van der Waals surface area contributed by atoms with Gasteiger partial charge in [-0.25, -0.2) is 4.79 Å². The predicted molar refractivity (Wildman–Crippen MR) is 82.9 cm³/mol. The molecule has 0 fully saturated rings. The van der Waals surface area contributed by atoms with Gasteiger partial charge in [0.1, 0.15) is 0 Å². The highest BCUT2D eigenvalue weighted by Crippen LogP contribution is 2.34. The van der Waals surface area contributed by atoms with Crippen LogP contribution in [0.3, 0.4) is 0 Å². The second-order valence-corrected chi connectivity index (χ2v) is 5.08. The molecule has 6 nitrogen and oxygen atoms in total. The molecule has 1 aliphatic heterocycles. The first-order valence-corrected chi connectivity index (χ1v) is 7.12. The molecule has 0 spiro atoms. The summed E-state index contributed by atoms with van der Waals surface area (Å²) in [4.78, 5) is 23.7. The molecule has 1 N–H and O–H groups in total. The molecule has 0 aliphatic carbocycles. The van der Waals surface area contributed by atoms with Crippen LogP contribution < -0.4 is 14.8 Å². The van der Waals surface area contributed by atoms with Crippen molar-refractivity contribution in [1.82, 2.24) is 0 Å². The maximum Gasteiger partial charge on any atom is 0.340 e. The summed E-state index contributed by atoms with van der Waals surface area (Å²) >= 11 is 5.89. The SMILES string of the molecule is O=C(COC(=O)c1ccccc1Cl)Nc1ccc2c(c1)OCO2. The second kappa shape index (κ2) is 6.58. The van der Waals surface area contributed by atoms with E-state index in [1.54, 1.807) is 36.4 Å². The number of hydrogen-bond acceptors (Lipinski definition) is 5. The highest BCUT2D eigenvalue weighted by atomic mass is 35.5. The van der Waals surface area contributed by atoms with Crippen molar-refractivity contribution in [1.29, 1.82) is 0 Å². The molecule has 0 aromatic heterocycles. The fraction of sp³-hybridized carbons (Fsp3) is 0.125. The van der Waals surface area contributed by atoms with E-state index in [0.717, 1.165) is 0 Å². The number of benzene rings is 2. The molecule has 3 rings (SSSR count). The van der Waals surface area contributed by atoms with Crippen LogP contribution in [0.1, 0.15) is 10.4 Å². The van der Waals surface area contributed by atoms with Crippen molar-refractivity contribution in [3.63, 3.8) is 0 Å². The van der Waals surface area contributed by atoms with Gasteiger partial charge in [-0.2, -0.15) is 0 Å². The van der Waals surface area contributed by atoms with Gasteiger partial charge in [0.15, 0.2) is 18.1 Å². The van der Waals surface area contributed by atoms with Crippen molar-refractivity contribution in [2.75, 3.05) is 18.7 Å². The number of amides is 1. The minimum Gasteiger partial charge on any atom is -0.454 e. The maximum absolute atomic E-state index is 11.9. The fourth-order valence-electron chi connectivity index (χ4n) is 2.01. The highest BCUT2D eigenvalue weighted by molar-refractivity contribution is 6.33. The fourth-order valence-corrected chi connectivity index (χ4v) is 2.22. The average molecular weight is 334 g/mol. The first kappa shape index (κ1) is 15.2. The van der Waals surface area contributed by atoms with E-state index in [9.17, 15) is 9.59 Å². The summed E-state index contributed by atoms with van der Waals surface area (Å²) < 4.78 is 15.3. The summed E-state index contributed by atoms with van der Waals surface area (Å²) in [6, 6.07) is 11.5. The van der Waals surface area contributed by atoms with Crippen LogP contribution in [0, 0.1) is 0 Å². The van der Waals surface area contributed by atoms with Gasteiger partial charge in [0.25, 0.3) is 5.91 Å². The number of carbonyl (C=O) groups is 2. The number of rotatable bonds is 4. The summed E-state index contributed by atoms with van der Waals surface area (Å²) in [6.07, 6.45) is 0. The highest BCUT2D eigenvalue weighted by Gasteiger charge is 2.16. The number of halogens is 1. The molecule has 118 valence electrons. The van der Waals surface area contributed by atoms with Gasteiger partial charge < -0.3 is 19.5 Å². The number of fused-ring (bicyclic) bond motifs is 1. The Morgan fingerprint density at radius 1 is 1.13 bits per heavy atom. The van der Waals surface area contributed by atoms with E-state index in [4.69, 9.17) is 25.8 Å². The van der Waals surface area contributed by atoms with Crippen LogP contribution in [0.5, 0.6) is 11.5 Å². The molecule has 1 heterocycles. The van der Waals surface area contributed by atoms with Crippen molar-refractivity contribution in [2.24, 2.45) is 0 Å². The molecule has 0 bridgehead atoms. The van der Waals surface area contributed by atoms with Crippen LogP contribution in [-0.2, 0) is 9.53 Å². The van der Waals surface area contributed by atoms with Gasteiger partial charge in [0, 0.05) is 11.8 Å². The van der Waals surface area contributed by atoms with Crippen molar-refractivity contribution >= 4 is 29.2 Å². The molecule has 0 saturated carbocycles. The van der Waals surface area contributed by atoms with E-state index in [1.807, 2.05) is 0 Å². The van der Waals surface area contributed by atoms with Crippen molar-refractivity contribution in [3.05, 3.63) is 53.1 Å². The zero-order valence-corrected chi connectivity index (χ0v) is 12.6. The second-order valence-electron chi connectivity index (χ2n) is 4.67. The third kappa shape index (κ3) is 3.54. The Morgan fingerprint density at radius 2 is 1.91 bits per heavy atom. The van der Waals surface area contributed by atoms with Crippen LogP contribution in [0.15, 0.2) is 42.5 Å². The lowest BCUT2D eigenvalue weighted by Gasteiger charge is -2.08. The number of anilines is 1. The predicted octanol–water partition coefficient (Wildman–Crippen LogP) is 2.86. The van der Waals surface area contributed by atoms with Crippen molar-refractivity contribution in [2.45, 2.75) is 0 Å². The van der Waals surface area contributed by atoms with Crippen LogP contribution in [0.4, 0.5) is 5.69 Å². The zero-order valence-electron chi connectivity index (χ0n) is 11.9. The Kier molecular flexibility index (Phi) is 4.34. The quantitative estimate of drug-likeness (QED) is 0.871. The Morgan fingerprint density at radius 3 is 2.74 bits per heavy atom. The molecule has 2 aromatic rings. The van der Waals surface area contributed by atoms with Gasteiger partial charge in [-0.1, -0.05) is 23.7 Å². The van der Waals surface area contributed by atoms with Gasteiger partial charge in [-0.15, -0.1) is 0 Å². The van der Waals surface area contributed by atoms with Crippen molar-refractivity contribution in [3.8, 4) is 11.5 Å². The molecule has 0 atom stereocenters. The monoisotopic (exact) mass is 333 g/mol.